The maximum absolute atomic E-state index is 12.5. The number of phenolic OH excluding ortho intramolecular Hbond substituents is 1. The summed E-state index contributed by atoms with van der Waals surface area (Å²) in [6.45, 7) is 0. The molecular weight excluding hydrogens is 404 g/mol. The van der Waals surface area contributed by atoms with Crippen LogP contribution in [0, 0.1) is 0 Å². The topological polar surface area (TPSA) is 86.6 Å². The zero-order valence-electron chi connectivity index (χ0n) is 15.1. The van der Waals surface area contributed by atoms with Crippen molar-refractivity contribution in [3.63, 3.8) is 0 Å². The second-order valence-electron chi connectivity index (χ2n) is 5.96. The van der Waals surface area contributed by atoms with E-state index >= 15 is 0 Å². The van der Waals surface area contributed by atoms with Crippen LogP contribution in [0.4, 0.5) is 10.1 Å². The summed E-state index contributed by atoms with van der Waals surface area (Å²) < 4.78 is 0. The lowest BCUT2D eigenvalue weighted by molar-refractivity contribution is 0.103. The average molecular weight is 421 g/mol. The number of thiazole rings is 1. The number of benzene rings is 2. The number of nitrogens with one attached hydrogen (secondary N) is 2. The molecule has 1 amide bonds. The molecule has 0 spiro atoms. The minimum atomic E-state index is -0.167. The number of phenols is 1. The van der Waals surface area contributed by atoms with Gasteiger partial charge in [0.15, 0.2) is 0 Å². The summed E-state index contributed by atoms with van der Waals surface area (Å²) in [5, 5.41) is 19.6. The lowest BCUT2D eigenvalue weighted by Crippen LogP contribution is -2.09. The number of thiophene rings is 1. The van der Waals surface area contributed by atoms with Crippen molar-refractivity contribution in [2.75, 3.05) is 10.7 Å². The fourth-order valence-corrected chi connectivity index (χ4v) is 3.99. The Kier molecular flexibility index (Phi) is 5.64. The molecule has 0 aliphatic carbocycles. The third-order valence-corrected chi connectivity index (χ3v) is 5.66. The van der Waals surface area contributed by atoms with Gasteiger partial charge in [-0.1, -0.05) is 47.7 Å². The molecule has 0 aliphatic heterocycles. The van der Waals surface area contributed by atoms with Gasteiger partial charge < -0.3 is 10.4 Å². The third kappa shape index (κ3) is 4.68. The van der Waals surface area contributed by atoms with E-state index in [9.17, 15) is 9.90 Å². The first-order valence-corrected chi connectivity index (χ1v) is 10.4. The molecule has 3 N–H and O–H groups in total. The number of hydrogen-bond donors (Lipinski definition) is 3. The summed E-state index contributed by atoms with van der Waals surface area (Å²) in [5.74, 6) is 0.0358. The van der Waals surface area contributed by atoms with Crippen molar-refractivity contribution in [2.24, 2.45) is 5.10 Å². The average Bonchev–Trinajstić information content (AvgIpc) is 3.41. The first kappa shape index (κ1) is 18.9. The molecule has 0 saturated heterocycles. The molecule has 2 aromatic heterocycles. The molecule has 6 nitrogen and oxygen atoms in total. The van der Waals surface area contributed by atoms with Crippen molar-refractivity contribution in [1.82, 2.24) is 4.98 Å². The molecule has 0 aliphatic rings. The summed E-state index contributed by atoms with van der Waals surface area (Å²) in [7, 11) is 0. The zero-order valence-corrected chi connectivity index (χ0v) is 16.7. The smallest absolute Gasteiger partial charge is 0.266 e. The molecule has 2 aromatic carbocycles. The lowest BCUT2D eigenvalue weighted by Gasteiger charge is -2.03. The van der Waals surface area contributed by atoms with Crippen LogP contribution in [-0.2, 0) is 0 Å². The Morgan fingerprint density at radius 1 is 1.03 bits per heavy atom. The van der Waals surface area contributed by atoms with Gasteiger partial charge >= 0.3 is 0 Å². The maximum atomic E-state index is 12.5. The Morgan fingerprint density at radius 3 is 2.55 bits per heavy atom. The van der Waals surface area contributed by atoms with E-state index in [0.717, 1.165) is 11.1 Å². The SMILES string of the molecule is O=C(Nc1sc(NN=Cc2ccc(O)cc2)nc1-c1ccccc1)c1cccs1. The first-order valence-electron chi connectivity index (χ1n) is 8.68. The Morgan fingerprint density at radius 2 is 1.83 bits per heavy atom. The fourth-order valence-electron chi connectivity index (χ4n) is 2.54. The van der Waals surface area contributed by atoms with Gasteiger partial charge in [-0.15, -0.1) is 11.3 Å². The van der Waals surface area contributed by atoms with Crippen molar-refractivity contribution in [3.05, 3.63) is 82.6 Å². The number of anilines is 2. The predicted octanol–water partition coefficient (Wildman–Crippen LogP) is 5.28. The molecule has 0 bridgehead atoms. The minimum absolute atomic E-state index is 0.167. The standard InChI is InChI=1S/C21H16N4O2S2/c26-16-10-8-14(9-11-16)13-22-25-21-23-18(15-5-2-1-3-6-15)20(29-21)24-19(27)17-7-4-12-28-17/h1-13,26H,(H,23,25)(H,24,27). The van der Waals surface area contributed by atoms with Gasteiger partial charge in [0.1, 0.15) is 16.4 Å². The van der Waals surface area contributed by atoms with Gasteiger partial charge in [0.05, 0.1) is 11.1 Å². The second kappa shape index (κ2) is 8.68. The number of hydrogen-bond acceptors (Lipinski definition) is 7. The molecule has 29 heavy (non-hydrogen) atoms. The number of carbonyl (C=O) groups is 1. The quantitative estimate of drug-likeness (QED) is 0.293. The van der Waals surface area contributed by atoms with Gasteiger partial charge in [0, 0.05) is 5.56 Å². The number of rotatable bonds is 6. The van der Waals surface area contributed by atoms with E-state index in [-0.39, 0.29) is 11.7 Å². The van der Waals surface area contributed by atoms with Crippen LogP contribution in [-0.4, -0.2) is 22.2 Å². The molecule has 8 heteroatoms. The van der Waals surface area contributed by atoms with Crippen LogP contribution in [0.2, 0.25) is 0 Å². The molecule has 0 fully saturated rings. The highest BCUT2D eigenvalue weighted by Gasteiger charge is 2.16. The number of aromatic hydroxyl groups is 1. The maximum Gasteiger partial charge on any atom is 0.266 e. The summed E-state index contributed by atoms with van der Waals surface area (Å²) in [5.41, 5.74) is 5.33. The van der Waals surface area contributed by atoms with Crippen LogP contribution in [0.25, 0.3) is 11.3 Å². The van der Waals surface area contributed by atoms with E-state index in [1.54, 1.807) is 36.5 Å². The molecule has 0 saturated carbocycles. The van der Waals surface area contributed by atoms with Gasteiger partial charge in [-0.3, -0.25) is 10.2 Å². The summed E-state index contributed by atoms with van der Waals surface area (Å²) >= 11 is 2.70. The Balaban J connectivity index is 1.57. The monoisotopic (exact) mass is 420 g/mol. The van der Waals surface area contributed by atoms with Crippen LogP contribution in [0.5, 0.6) is 5.75 Å². The molecule has 0 atom stereocenters. The van der Waals surface area contributed by atoms with Crippen LogP contribution in [0.15, 0.2) is 77.2 Å². The number of carbonyl (C=O) groups excluding carboxylic acids is 1. The fraction of sp³-hybridized carbons (Fsp3) is 0. The van der Waals surface area contributed by atoms with E-state index < -0.39 is 0 Å². The highest BCUT2D eigenvalue weighted by Crippen LogP contribution is 2.36. The van der Waals surface area contributed by atoms with Gasteiger partial charge in [0.2, 0.25) is 5.13 Å². The minimum Gasteiger partial charge on any atom is -0.508 e. The Hall–Kier alpha value is -3.49. The summed E-state index contributed by atoms with van der Waals surface area (Å²) in [6, 6.07) is 20.0. The van der Waals surface area contributed by atoms with E-state index in [2.05, 4.69) is 20.8 Å². The molecule has 0 unspecified atom stereocenters. The van der Waals surface area contributed by atoms with Crippen molar-refractivity contribution >= 4 is 44.9 Å². The molecule has 4 aromatic rings. The van der Waals surface area contributed by atoms with Crippen LogP contribution in [0.3, 0.4) is 0 Å². The largest absolute Gasteiger partial charge is 0.508 e. The molecule has 0 radical (unpaired) electrons. The van der Waals surface area contributed by atoms with Crippen molar-refractivity contribution in [3.8, 4) is 17.0 Å². The van der Waals surface area contributed by atoms with Crippen molar-refractivity contribution in [2.45, 2.75) is 0 Å². The normalized spacial score (nSPS) is 10.9. The van der Waals surface area contributed by atoms with Crippen molar-refractivity contribution in [1.29, 1.82) is 0 Å². The highest BCUT2D eigenvalue weighted by atomic mass is 32.1. The van der Waals surface area contributed by atoms with Gasteiger partial charge in [0.25, 0.3) is 5.91 Å². The van der Waals surface area contributed by atoms with E-state index in [1.165, 1.54) is 22.7 Å². The zero-order chi connectivity index (χ0) is 20.1. The third-order valence-electron chi connectivity index (χ3n) is 3.91. The van der Waals surface area contributed by atoms with Crippen molar-refractivity contribution < 1.29 is 9.90 Å². The van der Waals surface area contributed by atoms with Gasteiger partial charge in [-0.05, 0) is 41.3 Å². The van der Waals surface area contributed by atoms with Gasteiger partial charge in [-0.25, -0.2) is 4.98 Å². The molecule has 144 valence electrons. The van der Waals surface area contributed by atoms with Crippen LogP contribution < -0.4 is 10.7 Å². The predicted molar refractivity (Wildman–Crippen MR) is 119 cm³/mol. The second-order valence-corrected chi connectivity index (χ2v) is 7.90. The number of aromatic nitrogens is 1. The van der Waals surface area contributed by atoms with Crippen LogP contribution in [0.1, 0.15) is 15.2 Å². The number of amides is 1. The van der Waals surface area contributed by atoms with Crippen LogP contribution >= 0.6 is 22.7 Å². The Bertz CT molecular complexity index is 1120. The summed E-state index contributed by atoms with van der Waals surface area (Å²) in [4.78, 5) is 17.7. The summed E-state index contributed by atoms with van der Waals surface area (Å²) in [6.07, 6.45) is 1.63. The number of hydrazone groups is 1. The number of nitrogens with zero attached hydrogens (tertiary/aromatic N) is 2. The highest BCUT2D eigenvalue weighted by molar-refractivity contribution is 7.20. The van der Waals surface area contributed by atoms with Gasteiger partial charge in [-0.2, -0.15) is 5.10 Å². The molecule has 2 heterocycles. The Labute approximate surface area is 175 Å². The van der Waals surface area contributed by atoms with E-state index in [4.69, 9.17) is 0 Å². The molecular formula is C21H16N4O2S2. The van der Waals surface area contributed by atoms with E-state index in [0.29, 0.717) is 20.7 Å². The molecule has 4 rings (SSSR count). The lowest BCUT2D eigenvalue weighted by atomic mass is 10.2. The van der Waals surface area contributed by atoms with E-state index in [1.807, 2.05) is 41.8 Å². The first-order chi connectivity index (χ1) is 14.2.